The van der Waals surface area contributed by atoms with E-state index in [0.717, 1.165) is 17.3 Å². The van der Waals surface area contributed by atoms with Gasteiger partial charge in [-0.1, -0.05) is 0 Å². The fourth-order valence-electron chi connectivity index (χ4n) is 3.17. The highest BCUT2D eigenvalue weighted by Gasteiger charge is 2.33. The molecule has 2 saturated heterocycles. The summed E-state index contributed by atoms with van der Waals surface area (Å²) in [6.45, 7) is 3.70. The monoisotopic (exact) mass is 275 g/mol. The van der Waals surface area contributed by atoms with Crippen molar-refractivity contribution in [3.8, 4) is 0 Å². The molecule has 0 radical (unpaired) electrons. The number of benzene rings is 1. The third kappa shape index (κ3) is 2.88. The summed E-state index contributed by atoms with van der Waals surface area (Å²) in [7, 11) is 1.36. The van der Waals surface area contributed by atoms with Crippen molar-refractivity contribution in [3.05, 3.63) is 24.3 Å². The molecule has 0 aromatic heterocycles. The summed E-state index contributed by atoms with van der Waals surface area (Å²) in [5.41, 5.74) is 1.86. The quantitative estimate of drug-likeness (QED) is 0.889. The summed E-state index contributed by atoms with van der Waals surface area (Å²) >= 11 is 0. The molecule has 2 N–H and O–H groups in total. The fraction of sp³-hybridized carbons (Fsp3) is 0.533. The van der Waals surface area contributed by atoms with Crippen molar-refractivity contribution in [2.75, 3.05) is 37.4 Å². The molecule has 3 unspecified atom stereocenters. The van der Waals surface area contributed by atoms with E-state index in [2.05, 4.69) is 20.3 Å². The van der Waals surface area contributed by atoms with E-state index in [1.54, 1.807) is 0 Å². The molecule has 1 amide bonds. The number of hydrogen-bond donors (Lipinski definition) is 2. The molecular weight excluding hydrogens is 254 g/mol. The SMILES string of the molecule is COC(=O)Nc1ccc(NC2CCN3CCC2C3)cc1. The molecule has 5 nitrogen and oxygen atoms in total. The number of carbonyl (C=O) groups is 1. The Morgan fingerprint density at radius 1 is 1.20 bits per heavy atom. The topological polar surface area (TPSA) is 53.6 Å². The Hall–Kier alpha value is -1.75. The van der Waals surface area contributed by atoms with Gasteiger partial charge in [0.25, 0.3) is 0 Å². The predicted octanol–water partition coefficient (Wildman–Crippen LogP) is 2.37. The van der Waals surface area contributed by atoms with Gasteiger partial charge in [0.15, 0.2) is 0 Å². The van der Waals surface area contributed by atoms with Crippen LogP contribution in [-0.4, -0.2) is 43.8 Å². The molecule has 20 heavy (non-hydrogen) atoms. The van der Waals surface area contributed by atoms with Crippen molar-refractivity contribution in [3.63, 3.8) is 0 Å². The number of piperidine rings is 1. The minimum absolute atomic E-state index is 0.441. The van der Waals surface area contributed by atoms with Crippen LogP contribution >= 0.6 is 0 Å². The highest BCUT2D eigenvalue weighted by atomic mass is 16.5. The number of nitrogens with one attached hydrogen (secondary N) is 2. The second-order valence-corrected chi connectivity index (χ2v) is 5.58. The summed E-state index contributed by atoms with van der Waals surface area (Å²) in [6.07, 6.45) is 2.08. The zero-order chi connectivity index (χ0) is 13.9. The van der Waals surface area contributed by atoms with Crippen LogP contribution in [-0.2, 0) is 4.74 Å². The lowest BCUT2D eigenvalue weighted by Crippen LogP contribution is -2.39. The van der Waals surface area contributed by atoms with Crippen LogP contribution in [0.2, 0.25) is 0 Å². The minimum atomic E-state index is -0.441. The van der Waals surface area contributed by atoms with Gasteiger partial charge < -0.3 is 15.0 Å². The van der Waals surface area contributed by atoms with Crippen LogP contribution in [0.5, 0.6) is 0 Å². The van der Waals surface area contributed by atoms with E-state index in [9.17, 15) is 4.79 Å². The summed E-state index contributed by atoms with van der Waals surface area (Å²) < 4.78 is 4.57. The van der Waals surface area contributed by atoms with Crippen LogP contribution in [0.3, 0.4) is 0 Å². The van der Waals surface area contributed by atoms with Crippen LogP contribution in [0.15, 0.2) is 24.3 Å². The van der Waals surface area contributed by atoms with Crippen LogP contribution in [0, 0.1) is 5.92 Å². The number of methoxy groups -OCH3 is 1. The average molecular weight is 275 g/mol. The van der Waals surface area contributed by atoms with Crippen LogP contribution < -0.4 is 10.6 Å². The molecule has 2 bridgehead atoms. The first kappa shape index (κ1) is 13.2. The summed E-state index contributed by atoms with van der Waals surface area (Å²) in [5, 5.41) is 6.29. The van der Waals surface area contributed by atoms with Crippen molar-refractivity contribution < 1.29 is 9.53 Å². The van der Waals surface area contributed by atoms with Crippen LogP contribution in [0.4, 0.5) is 16.2 Å². The van der Waals surface area contributed by atoms with Gasteiger partial charge in [-0.2, -0.15) is 0 Å². The van der Waals surface area contributed by atoms with Crippen molar-refractivity contribution in [2.45, 2.75) is 18.9 Å². The van der Waals surface area contributed by atoms with Gasteiger partial charge in [0, 0.05) is 30.5 Å². The van der Waals surface area contributed by atoms with E-state index >= 15 is 0 Å². The molecule has 0 spiro atoms. The Morgan fingerprint density at radius 2 is 1.90 bits per heavy atom. The molecule has 2 heterocycles. The maximum absolute atomic E-state index is 11.1. The van der Waals surface area contributed by atoms with E-state index in [4.69, 9.17) is 0 Å². The largest absolute Gasteiger partial charge is 0.453 e. The van der Waals surface area contributed by atoms with Crippen molar-refractivity contribution in [1.29, 1.82) is 0 Å². The third-order valence-electron chi connectivity index (χ3n) is 4.30. The zero-order valence-corrected chi connectivity index (χ0v) is 11.8. The van der Waals surface area contributed by atoms with Gasteiger partial charge in [-0.05, 0) is 49.6 Å². The van der Waals surface area contributed by atoms with E-state index < -0.39 is 6.09 Å². The molecule has 1 aromatic rings. The van der Waals surface area contributed by atoms with Gasteiger partial charge in [-0.3, -0.25) is 5.32 Å². The summed E-state index contributed by atoms with van der Waals surface area (Å²) in [5.74, 6) is 0.775. The number of fused-ring (bicyclic) bond motifs is 2. The van der Waals surface area contributed by atoms with Gasteiger partial charge in [0.1, 0.15) is 0 Å². The minimum Gasteiger partial charge on any atom is -0.453 e. The Kier molecular flexibility index (Phi) is 3.78. The maximum atomic E-state index is 11.1. The second kappa shape index (κ2) is 5.71. The first-order valence-corrected chi connectivity index (χ1v) is 7.18. The number of hydrogen-bond acceptors (Lipinski definition) is 4. The van der Waals surface area contributed by atoms with E-state index in [1.165, 1.54) is 39.6 Å². The molecule has 2 fully saturated rings. The van der Waals surface area contributed by atoms with Crippen molar-refractivity contribution in [2.24, 2.45) is 5.92 Å². The lowest BCUT2D eigenvalue weighted by Gasteiger charge is -2.31. The van der Waals surface area contributed by atoms with E-state index in [-0.39, 0.29) is 0 Å². The molecular formula is C15H21N3O2. The highest BCUT2D eigenvalue weighted by Crippen LogP contribution is 2.29. The Bertz CT molecular complexity index is 475. The van der Waals surface area contributed by atoms with Gasteiger partial charge in [-0.15, -0.1) is 0 Å². The summed E-state index contributed by atoms with van der Waals surface area (Å²) in [4.78, 5) is 13.7. The Balaban J connectivity index is 1.59. The predicted molar refractivity (Wildman–Crippen MR) is 79.0 cm³/mol. The molecule has 2 aliphatic rings. The van der Waals surface area contributed by atoms with E-state index in [0.29, 0.717) is 6.04 Å². The molecule has 2 aliphatic heterocycles. The van der Waals surface area contributed by atoms with Crippen LogP contribution in [0.1, 0.15) is 12.8 Å². The molecule has 1 aromatic carbocycles. The van der Waals surface area contributed by atoms with Gasteiger partial charge in [-0.25, -0.2) is 4.79 Å². The van der Waals surface area contributed by atoms with Crippen LogP contribution in [0.25, 0.3) is 0 Å². The molecule has 5 heteroatoms. The third-order valence-corrected chi connectivity index (χ3v) is 4.30. The molecule has 108 valence electrons. The number of ether oxygens (including phenoxy) is 1. The summed E-state index contributed by atoms with van der Waals surface area (Å²) in [6, 6.07) is 8.37. The lowest BCUT2D eigenvalue weighted by molar-refractivity contribution is 0.187. The fourth-order valence-corrected chi connectivity index (χ4v) is 3.17. The van der Waals surface area contributed by atoms with E-state index in [1.807, 2.05) is 24.3 Å². The molecule has 3 rings (SSSR count). The first-order valence-electron chi connectivity index (χ1n) is 7.18. The average Bonchev–Trinajstić information content (AvgIpc) is 2.86. The standard InChI is InChI=1S/C15H21N3O2/c1-20-15(19)17-13-4-2-12(3-5-13)16-14-7-9-18-8-6-11(14)10-18/h2-5,11,14,16H,6-10H2,1H3,(H,17,19). The number of amides is 1. The highest BCUT2D eigenvalue weighted by molar-refractivity contribution is 5.84. The number of carbonyl (C=O) groups excluding carboxylic acids is 1. The Labute approximate surface area is 119 Å². The molecule has 0 aliphatic carbocycles. The van der Waals surface area contributed by atoms with Gasteiger partial charge >= 0.3 is 6.09 Å². The zero-order valence-electron chi connectivity index (χ0n) is 11.8. The van der Waals surface area contributed by atoms with Crippen molar-refractivity contribution in [1.82, 2.24) is 4.90 Å². The maximum Gasteiger partial charge on any atom is 0.411 e. The molecule has 3 atom stereocenters. The van der Waals surface area contributed by atoms with Gasteiger partial charge in [0.05, 0.1) is 7.11 Å². The van der Waals surface area contributed by atoms with Crippen molar-refractivity contribution >= 4 is 17.5 Å². The smallest absolute Gasteiger partial charge is 0.411 e. The first-order chi connectivity index (χ1) is 9.74. The molecule has 0 saturated carbocycles. The number of rotatable bonds is 3. The number of nitrogens with zero attached hydrogens (tertiary/aromatic N) is 1. The normalized spacial score (nSPS) is 27.9. The Morgan fingerprint density at radius 3 is 2.65 bits per heavy atom. The number of anilines is 2. The lowest BCUT2D eigenvalue weighted by atomic mass is 9.94. The second-order valence-electron chi connectivity index (χ2n) is 5.58. The van der Waals surface area contributed by atoms with Gasteiger partial charge in [0.2, 0.25) is 0 Å².